The number of nitrogens with zero attached hydrogens (tertiary/aromatic N) is 2. The fourth-order valence-corrected chi connectivity index (χ4v) is 0.605. The molecule has 2 amide bonds. The van der Waals surface area contributed by atoms with Crippen LogP contribution >= 0.6 is 0 Å². The minimum absolute atomic E-state index is 0.574. The summed E-state index contributed by atoms with van der Waals surface area (Å²) in [5.41, 5.74) is 0. The summed E-state index contributed by atoms with van der Waals surface area (Å²) >= 11 is 0. The largest absolute Gasteiger partial charge is 0.388 e. The lowest BCUT2D eigenvalue weighted by molar-refractivity contribution is -0.143. The van der Waals surface area contributed by atoms with Crippen LogP contribution in [0, 0.1) is 0 Å². The Morgan fingerprint density at radius 1 is 0.714 bits per heavy atom. The molecule has 0 saturated carbocycles. The fourth-order valence-electron chi connectivity index (χ4n) is 0.605. The number of hydrogen-bond donors (Lipinski definition) is 6. The van der Waals surface area contributed by atoms with Crippen molar-refractivity contribution in [2.24, 2.45) is 0 Å². The van der Waals surface area contributed by atoms with Crippen LogP contribution in [0.2, 0.25) is 0 Å². The zero-order valence-electron chi connectivity index (χ0n) is 12.0. The summed E-state index contributed by atoms with van der Waals surface area (Å²) in [5, 5.41) is 49.4. The maximum atomic E-state index is 10.3. The van der Waals surface area contributed by atoms with Crippen LogP contribution in [0.15, 0.2) is 0 Å². The minimum Gasteiger partial charge on any atom is -0.388 e. The van der Waals surface area contributed by atoms with E-state index >= 15 is 0 Å². The van der Waals surface area contributed by atoms with Gasteiger partial charge in [-0.15, -0.1) is 0 Å². The first kappa shape index (κ1) is 24.7. The molecule has 0 aliphatic heterocycles. The van der Waals surface area contributed by atoms with Crippen molar-refractivity contribution in [1.29, 1.82) is 0 Å². The van der Waals surface area contributed by atoms with Gasteiger partial charge in [0.25, 0.3) is 11.8 Å². The van der Waals surface area contributed by atoms with Crippen molar-refractivity contribution in [3.63, 3.8) is 0 Å². The molecule has 21 heavy (non-hydrogen) atoms. The van der Waals surface area contributed by atoms with Crippen molar-refractivity contribution in [3.8, 4) is 0 Å². The Morgan fingerprint density at radius 3 is 0.952 bits per heavy atom. The second-order valence-corrected chi connectivity index (χ2v) is 3.16. The van der Waals surface area contributed by atoms with Gasteiger partial charge in [0.1, 0.15) is 40.1 Å². The van der Waals surface area contributed by atoms with E-state index in [1.807, 2.05) is 0 Å². The van der Waals surface area contributed by atoms with E-state index in [0.29, 0.717) is 9.80 Å². The third-order valence-electron chi connectivity index (χ3n) is 1.66. The van der Waals surface area contributed by atoms with Crippen LogP contribution in [0.3, 0.4) is 0 Å². The Hall–Kier alpha value is -1.34. The molecule has 0 atom stereocenters. The van der Waals surface area contributed by atoms with Crippen LogP contribution in [-0.4, -0.2) is 107 Å². The van der Waals surface area contributed by atoms with Gasteiger partial charge >= 0.3 is 0 Å². The predicted molar refractivity (Wildman–Crippen MR) is 69.1 cm³/mol. The monoisotopic (exact) mass is 316 g/mol. The first-order chi connectivity index (χ1) is 9.93. The Labute approximate surface area is 122 Å². The zero-order valence-corrected chi connectivity index (χ0v) is 12.0. The lowest BCUT2D eigenvalue weighted by Crippen LogP contribution is -2.34. The van der Waals surface area contributed by atoms with E-state index in [1.54, 1.807) is 14.2 Å². The molecule has 0 saturated heterocycles. The molecule has 11 heteroatoms. The SMILES string of the molecule is COC.O=C(CO)N(CO)CO.O=C(CO)N(CO)CO. The van der Waals surface area contributed by atoms with Gasteiger partial charge in [-0.25, -0.2) is 0 Å². The van der Waals surface area contributed by atoms with Crippen LogP contribution in [-0.2, 0) is 14.3 Å². The summed E-state index contributed by atoms with van der Waals surface area (Å²) in [6.45, 7) is -3.68. The molecule has 0 aromatic heterocycles. The van der Waals surface area contributed by atoms with Gasteiger partial charge in [-0.2, -0.15) is 0 Å². The summed E-state index contributed by atoms with van der Waals surface area (Å²) in [5.74, 6) is -1.39. The maximum Gasteiger partial charge on any atom is 0.251 e. The molecule has 0 spiro atoms. The van der Waals surface area contributed by atoms with E-state index < -0.39 is 52.0 Å². The molecule has 11 nitrogen and oxygen atoms in total. The van der Waals surface area contributed by atoms with Gasteiger partial charge in [0.2, 0.25) is 0 Å². The smallest absolute Gasteiger partial charge is 0.251 e. The number of hydrogen-bond acceptors (Lipinski definition) is 9. The van der Waals surface area contributed by atoms with Crippen LogP contribution in [0.5, 0.6) is 0 Å². The van der Waals surface area contributed by atoms with E-state index in [-0.39, 0.29) is 0 Å². The third-order valence-corrected chi connectivity index (χ3v) is 1.66. The van der Waals surface area contributed by atoms with Crippen LogP contribution < -0.4 is 0 Å². The van der Waals surface area contributed by atoms with Crippen LogP contribution in [0.4, 0.5) is 0 Å². The number of methoxy groups -OCH3 is 1. The maximum absolute atomic E-state index is 10.3. The molecule has 0 heterocycles. The average molecular weight is 316 g/mol. The van der Waals surface area contributed by atoms with Gasteiger partial charge in [-0.3, -0.25) is 19.4 Å². The molecule has 0 unspecified atom stereocenters. The van der Waals surface area contributed by atoms with Crippen molar-refractivity contribution in [2.45, 2.75) is 0 Å². The van der Waals surface area contributed by atoms with E-state index in [4.69, 9.17) is 30.6 Å². The highest BCUT2D eigenvalue weighted by Gasteiger charge is 2.08. The van der Waals surface area contributed by atoms with Crippen molar-refractivity contribution in [3.05, 3.63) is 0 Å². The highest BCUT2D eigenvalue weighted by molar-refractivity contribution is 5.77. The van der Waals surface area contributed by atoms with E-state index in [2.05, 4.69) is 4.74 Å². The molecular weight excluding hydrogens is 292 g/mol. The molecule has 0 radical (unpaired) electrons. The van der Waals surface area contributed by atoms with Crippen molar-refractivity contribution >= 4 is 11.8 Å². The number of aliphatic hydroxyl groups excluding tert-OH is 6. The number of amides is 2. The molecule has 0 bridgehead atoms. The normalized spacial score (nSPS) is 8.76. The van der Waals surface area contributed by atoms with E-state index in [9.17, 15) is 9.59 Å². The number of aliphatic hydroxyl groups is 6. The van der Waals surface area contributed by atoms with Crippen LogP contribution in [0.25, 0.3) is 0 Å². The Morgan fingerprint density at radius 2 is 0.905 bits per heavy atom. The van der Waals surface area contributed by atoms with E-state index in [0.717, 1.165) is 0 Å². The summed E-state index contributed by atoms with van der Waals surface area (Å²) in [7, 11) is 3.25. The van der Waals surface area contributed by atoms with Gasteiger partial charge in [-0.1, -0.05) is 0 Å². The molecule has 0 aliphatic carbocycles. The van der Waals surface area contributed by atoms with E-state index in [1.165, 1.54) is 0 Å². The lowest BCUT2D eigenvalue weighted by Gasteiger charge is -2.13. The quantitative estimate of drug-likeness (QED) is 0.265. The summed E-state index contributed by atoms with van der Waals surface area (Å²) in [6, 6.07) is 0. The second-order valence-electron chi connectivity index (χ2n) is 3.16. The van der Waals surface area contributed by atoms with Gasteiger partial charge in [0.05, 0.1) is 0 Å². The standard InChI is InChI=1S/2C4H9NO4.C2H6O/c2*6-1-4(9)5(2-7)3-8;1-3-2/h2*6-8H,1-3H2;1-2H3. The van der Waals surface area contributed by atoms with Gasteiger partial charge in [0, 0.05) is 14.2 Å². The Bertz CT molecular complexity index is 221. The first-order valence-corrected chi connectivity index (χ1v) is 5.54. The van der Waals surface area contributed by atoms with Gasteiger partial charge < -0.3 is 35.4 Å². The highest BCUT2D eigenvalue weighted by Crippen LogP contribution is 1.83. The average Bonchev–Trinajstić information content (AvgIpc) is 2.50. The highest BCUT2D eigenvalue weighted by atomic mass is 16.4. The Kier molecular flexibility index (Phi) is 21.9. The summed E-state index contributed by atoms with van der Waals surface area (Å²) < 4.78 is 4.25. The number of ether oxygens (including phenoxy) is 1. The minimum atomic E-state index is -0.694. The lowest BCUT2D eigenvalue weighted by atomic mass is 10.6. The summed E-state index contributed by atoms with van der Waals surface area (Å²) in [6.07, 6.45) is 0. The van der Waals surface area contributed by atoms with Crippen molar-refractivity contribution in [1.82, 2.24) is 9.80 Å². The molecular formula is C10H24N2O9. The topological polar surface area (TPSA) is 171 Å². The zero-order chi connectivity index (χ0) is 17.3. The van der Waals surface area contributed by atoms with Gasteiger partial charge in [-0.05, 0) is 0 Å². The molecule has 6 N–H and O–H groups in total. The number of carbonyl (C=O) groups excluding carboxylic acids is 2. The van der Waals surface area contributed by atoms with Crippen LogP contribution in [0.1, 0.15) is 0 Å². The summed E-state index contributed by atoms with van der Waals surface area (Å²) in [4.78, 5) is 22.0. The number of rotatable bonds is 6. The van der Waals surface area contributed by atoms with Gasteiger partial charge in [0.15, 0.2) is 0 Å². The third kappa shape index (κ3) is 14.9. The molecule has 0 aromatic carbocycles. The molecule has 128 valence electrons. The van der Waals surface area contributed by atoms with Crippen molar-refractivity contribution in [2.75, 3.05) is 54.4 Å². The Balaban J connectivity index is -0.000000260. The second kappa shape index (κ2) is 18.7. The fraction of sp³-hybridized carbons (Fsp3) is 0.800. The molecule has 0 fully saturated rings. The molecule has 0 rings (SSSR count). The number of carbonyl (C=O) groups is 2. The first-order valence-electron chi connectivity index (χ1n) is 5.54. The molecule has 0 aliphatic rings. The van der Waals surface area contributed by atoms with Crippen molar-refractivity contribution < 1.29 is 45.0 Å². The molecule has 0 aromatic rings. The predicted octanol–water partition coefficient (Wildman–Crippen LogP) is -4.32.